The van der Waals surface area contributed by atoms with Crippen molar-refractivity contribution in [3.05, 3.63) is 40.5 Å². The van der Waals surface area contributed by atoms with Crippen LogP contribution < -0.4 is 4.73 Å². The van der Waals surface area contributed by atoms with Gasteiger partial charge in [0.25, 0.3) is 0 Å². The monoisotopic (exact) mass is 295 g/mol. The first-order valence-corrected chi connectivity index (χ1v) is 6.48. The summed E-state index contributed by atoms with van der Waals surface area (Å²) in [4.78, 5) is 11.5. The molecule has 6 nitrogen and oxygen atoms in total. The molecule has 0 aliphatic heterocycles. The normalized spacial score (nSPS) is 10.6. The van der Waals surface area contributed by atoms with Crippen LogP contribution in [-0.2, 0) is 16.1 Å². The molecule has 0 N–H and O–H groups in total. The van der Waals surface area contributed by atoms with Crippen molar-refractivity contribution in [3.63, 3.8) is 0 Å². The molecule has 0 unspecified atom stereocenters. The highest BCUT2D eigenvalue weighted by molar-refractivity contribution is 6.33. The summed E-state index contributed by atoms with van der Waals surface area (Å²) < 4.78 is 7.02. The molecule has 2 rings (SSSR count). The first-order valence-electron chi connectivity index (χ1n) is 6.10. The van der Waals surface area contributed by atoms with E-state index in [0.29, 0.717) is 33.3 Å². The van der Waals surface area contributed by atoms with E-state index in [9.17, 15) is 10.0 Å². The van der Waals surface area contributed by atoms with Crippen molar-refractivity contribution in [1.29, 1.82) is 0 Å². The minimum atomic E-state index is -0.381. The summed E-state index contributed by atoms with van der Waals surface area (Å²) in [5.74, 6) is -0.381. The van der Waals surface area contributed by atoms with Gasteiger partial charge in [-0.05, 0) is 19.9 Å². The molecule has 7 heteroatoms. The number of halogens is 1. The van der Waals surface area contributed by atoms with Crippen LogP contribution >= 0.6 is 11.6 Å². The minimum Gasteiger partial charge on any atom is -0.619 e. The fraction of sp³-hybridized carbons (Fsp3) is 0.308. The third kappa shape index (κ3) is 2.91. The van der Waals surface area contributed by atoms with Gasteiger partial charge in [0, 0.05) is 6.07 Å². The lowest BCUT2D eigenvalue weighted by atomic mass is 10.2. The summed E-state index contributed by atoms with van der Waals surface area (Å²) in [6, 6.07) is 3.34. The standard InChI is InChI=1S/C13H14ClN3O3/c1-3-20-11(18)8-17-9(2)12(14)13(15-17)10-5-4-6-16(19)7-10/h4-7H,3,8H2,1-2H3. The fourth-order valence-electron chi connectivity index (χ4n) is 1.79. The Labute approximate surface area is 121 Å². The van der Waals surface area contributed by atoms with Crippen LogP contribution in [0.15, 0.2) is 24.5 Å². The number of ether oxygens (including phenoxy) is 1. The maximum Gasteiger partial charge on any atom is 0.327 e. The third-order valence-electron chi connectivity index (χ3n) is 2.77. The molecule has 0 atom stereocenters. The number of rotatable bonds is 4. The lowest BCUT2D eigenvalue weighted by Crippen LogP contribution is -2.24. The Bertz CT molecular complexity index is 640. The van der Waals surface area contributed by atoms with Gasteiger partial charge in [-0.2, -0.15) is 9.83 Å². The Morgan fingerprint density at radius 2 is 2.35 bits per heavy atom. The van der Waals surface area contributed by atoms with Crippen molar-refractivity contribution in [1.82, 2.24) is 9.78 Å². The van der Waals surface area contributed by atoms with E-state index in [1.54, 1.807) is 26.0 Å². The molecule has 2 aromatic heterocycles. The highest BCUT2D eigenvalue weighted by Crippen LogP contribution is 2.28. The summed E-state index contributed by atoms with van der Waals surface area (Å²) in [5.41, 5.74) is 1.72. The van der Waals surface area contributed by atoms with E-state index in [4.69, 9.17) is 16.3 Å². The maximum atomic E-state index is 11.5. The predicted octanol–water partition coefficient (Wildman–Crippen LogP) is 1.71. The molecule has 0 fully saturated rings. The molecule has 0 spiro atoms. The van der Waals surface area contributed by atoms with E-state index in [-0.39, 0.29) is 12.5 Å². The Morgan fingerprint density at radius 1 is 1.60 bits per heavy atom. The van der Waals surface area contributed by atoms with Crippen molar-refractivity contribution in [2.75, 3.05) is 6.61 Å². The summed E-state index contributed by atoms with van der Waals surface area (Å²) >= 11 is 6.21. The van der Waals surface area contributed by atoms with E-state index in [1.165, 1.54) is 17.1 Å². The van der Waals surface area contributed by atoms with Crippen LogP contribution in [0.2, 0.25) is 5.02 Å². The van der Waals surface area contributed by atoms with Crippen LogP contribution in [0.4, 0.5) is 0 Å². The molecule has 106 valence electrons. The van der Waals surface area contributed by atoms with Crippen LogP contribution in [0, 0.1) is 12.1 Å². The largest absolute Gasteiger partial charge is 0.619 e. The molecule has 0 saturated carbocycles. The van der Waals surface area contributed by atoms with Gasteiger partial charge < -0.3 is 9.94 Å². The molecule has 0 bridgehead atoms. The second-order valence-corrected chi connectivity index (χ2v) is 4.54. The van der Waals surface area contributed by atoms with E-state index in [1.807, 2.05) is 0 Å². The third-order valence-corrected chi connectivity index (χ3v) is 3.22. The first-order chi connectivity index (χ1) is 9.52. The van der Waals surface area contributed by atoms with Gasteiger partial charge in [-0.25, -0.2) is 0 Å². The summed E-state index contributed by atoms with van der Waals surface area (Å²) in [5, 5.41) is 16.0. The van der Waals surface area contributed by atoms with E-state index in [0.717, 1.165) is 0 Å². The van der Waals surface area contributed by atoms with E-state index < -0.39 is 0 Å². The molecule has 0 aromatic carbocycles. The Morgan fingerprint density at radius 3 is 3.00 bits per heavy atom. The summed E-state index contributed by atoms with van der Waals surface area (Å²) in [6.07, 6.45) is 2.75. The molecule has 2 heterocycles. The number of aromatic nitrogens is 3. The van der Waals surface area contributed by atoms with Crippen molar-refractivity contribution < 1.29 is 14.3 Å². The average molecular weight is 296 g/mol. The number of hydrogen-bond donors (Lipinski definition) is 0. The van der Waals surface area contributed by atoms with Gasteiger partial charge in [0.15, 0.2) is 12.4 Å². The topological polar surface area (TPSA) is 71.1 Å². The predicted molar refractivity (Wildman–Crippen MR) is 73.0 cm³/mol. The molecular weight excluding hydrogens is 282 g/mol. The van der Waals surface area contributed by atoms with Gasteiger partial charge in [0.2, 0.25) is 0 Å². The number of hydrogen-bond acceptors (Lipinski definition) is 4. The number of esters is 1. The summed E-state index contributed by atoms with van der Waals surface area (Å²) in [6.45, 7) is 3.80. The van der Waals surface area contributed by atoms with Crippen LogP contribution in [0.1, 0.15) is 12.6 Å². The van der Waals surface area contributed by atoms with E-state index >= 15 is 0 Å². The second-order valence-electron chi connectivity index (χ2n) is 4.16. The highest BCUT2D eigenvalue weighted by Gasteiger charge is 2.18. The van der Waals surface area contributed by atoms with Crippen molar-refractivity contribution in [2.24, 2.45) is 0 Å². The zero-order valence-corrected chi connectivity index (χ0v) is 11.9. The van der Waals surface area contributed by atoms with Gasteiger partial charge in [0.05, 0.1) is 22.9 Å². The lowest BCUT2D eigenvalue weighted by molar-refractivity contribution is -0.604. The molecule has 2 aromatic rings. The zero-order chi connectivity index (χ0) is 14.7. The number of carbonyl (C=O) groups is 1. The Hall–Kier alpha value is -2.08. The molecule has 0 amide bonds. The van der Waals surface area contributed by atoms with Crippen LogP contribution in [0.3, 0.4) is 0 Å². The van der Waals surface area contributed by atoms with Crippen LogP contribution in [-0.4, -0.2) is 22.4 Å². The SMILES string of the molecule is CCOC(=O)Cn1nc(-c2ccc[n+]([O-])c2)c(Cl)c1C. The molecular formula is C13H14ClN3O3. The van der Waals surface area contributed by atoms with Crippen LogP contribution in [0.5, 0.6) is 0 Å². The highest BCUT2D eigenvalue weighted by atomic mass is 35.5. The number of pyridine rings is 1. The van der Waals surface area contributed by atoms with Crippen LogP contribution in [0.25, 0.3) is 11.3 Å². The zero-order valence-electron chi connectivity index (χ0n) is 11.2. The van der Waals surface area contributed by atoms with Crippen molar-refractivity contribution in [3.8, 4) is 11.3 Å². The van der Waals surface area contributed by atoms with Gasteiger partial charge in [-0.15, -0.1) is 0 Å². The summed E-state index contributed by atoms with van der Waals surface area (Å²) in [7, 11) is 0. The lowest BCUT2D eigenvalue weighted by Gasteiger charge is -2.03. The number of carbonyl (C=O) groups excluding carboxylic acids is 1. The quantitative estimate of drug-likeness (QED) is 0.489. The van der Waals surface area contributed by atoms with Gasteiger partial charge in [0.1, 0.15) is 12.2 Å². The molecule has 0 saturated heterocycles. The van der Waals surface area contributed by atoms with Gasteiger partial charge in [-0.3, -0.25) is 9.48 Å². The minimum absolute atomic E-state index is 0.0103. The van der Waals surface area contributed by atoms with Crippen molar-refractivity contribution in [2.45, 2.75) is 20.4 Å². The molecule has 0 aliphatic carbocycles. The first kappa shape index (κ1) is 14.3. The molecule has 0 aliphatic rings. The average Bonchev–Trinajstić information content (AvgIpc) is 2.67. The smallest absolute Gasteiger partial charge is 0.327 e. The maximum absolute atomic E-state index is 11.5. The fourth-order valence-corrected chi connectivity index (χ4v) is 2.03. The Balaban J connectivity index is 2.35. The van der Waals surface area contributed by atoms with Gasteiger partial charge >= 0.3 is 5.97 Å². The van der Waals surface area contributed by atoms with Gasteiger partial charge in [-0.1, -0.05) is 11.6 Å². The molecule has 20 heavy (non-hydrogen) atoms. The molecule has 0 radical (unpaired) electrons. The number of nitrogens with zero attached hydrogens (tertiary/aromatic N) is 3. The Kier molecular flexibility index (Phi) is 4.24. The van der Waals surface area contributed by atoms with E-state index in [2.05, 4.69) is 5.10 Å². The van der Waals surface area contributed by atoms with Crippen molar-refractivity contribution >= 4 is 17.6 Å². The second kappa shape index (κ2) is 5.92.